The van der Waals surface area contributed by atoms with Gasteiger partial charge in [0.05, 0.1) is 16.4 Å². The van der Waals surface area contributed by atoms with Gasteiger partial charge in [0.15, 0.2) is 0 Å². The van der Waals surface area contributed by atoms with Gasteiger partial charge >= 0.3 is 0 Å². The highest BCUT2D eigenvalue weighted by Gasteiger charge is 2.09. The van der Waals surface area contributed by atoms with Gasteiger partial charge in [0.1, 0.15) is 5.15 Å². The number of anilines is 1. The Labute approximate surface area is 137 Å². The van der Waals surface area contributed by atoms with Gasteiger partial charge in [-0.2, -0.15) is 5.10 Å². The summed E-state index contributed by atoms with van der Waals surface area (Å²) in [7, 11) is 1.74. The summed E-state index contributed by atoms with van der Waals surface area (Å²) in [5.41, 5.74) is 1.94. The monoisotopic (exact) mass is 343 g/mol. The lowest BCUT2D eigenvalue weighted by atomic mass is 10.2. The molecule has 0 spiro atoms. The molecule has 0 aliphatic heterocycles. The fourth-order valence-corrected chi connectivity index (χ4v) is 2.45. The molecule has 2 rings (SSSR count). The standard InChI is InChI=1S/C14H12Cl3N3O/c1-8-10(14(17)20(2)19-8)4-6-13(21)18-12-5-3-9(15)7-11(12)16/h3-7H,1-2H3,(H,18,21)/b6-4+. The molecule has 1 aromatic heterocycles. The van der Waals surface area contributed by atoms with Crippen LogP contribution >= 0.6 is 34.8 Å². The third-order valence-electron chi connectivity index (χ3n) is 2.79. The maximum Gasteiger partial charge on any atom is 0.248 e. The number of rotatable bonds is 3. The first kappa shape index (κ1) is 15.9. The van der Waals surface area contributed by atoms with Crippen molar-refractivity contribution in [3.8, 4) is 0 Å². The molecule has 2 aromatic rings. The Morgan fingerprint density at radius 1 is 1.33 bits per heavy atom. The second kappa shape index (κ2) is 6.52. The lowest BCUT2D eigenvalue weighted by Crippen LogP contribution is -2.08. The fourth-order valence-electron chi connectivity index (χ4n) is 1.76. The molecule has 1 heterocycles. The summed E-state index contributed by atoms with van der Waals surface area (Å²) in [5.74, 6) is -0.321. The van der Waals surface area contributed by atoms with Crippen LogP contribution in [0.2, 0.25) is 15.2 Å². The molecule has 1 N–H and O–H groups in total. The zero-order valence-corrected chi connectivity index (χ0v) is 13.6. The lowest BCUT2D eigenvalue weighted by Gasteiger charge is -2.04. The van der Waals surface area contributed by atoms with Gasteiger partial charge in [0, 0.05) is 23.7 Å². The number of aryl methyl sites for hydroxylation is 2. The molecule has 1 amide bonds. The molecule has 21 heavy (non-hydrogen) atoms. The number of halogens is 3. The molecule has 4 nitrogen and oxygen atoms in total. The van der Waals surface area contributed by atoms with Crippen LogP contribution in [0, 0.1) is 6.92 Å². The van der Waals surface area contributed by atoms with Crippen molar-refractivity contribution in [2.45, 2.75) is 6.92 Å². The van der Waals surface area contributed by atoms with Crippen molar-refractivity contribution in [1.29, 1.82) is 0 Å². The van der Waals surface area contributed by atoms with Crippen molar-refractivity contribution in [3.63, 3.8) is 0 Å². The molecule has 0 aliphatic rings. The number of hydrogen-bond acceptors (Lipinski definition) is 2. The van der Waals surface area contributed by atoms with E-state index < -0.39 is 0 Å². The largest absolute Gasteiger partial charge is 0.321 e. The van der Waals surface area contributed by atoms with E-state index in [1.165, 1.54) is 6.08 Å². The third kappa shape index (κ3) is 3.79. The van der Waals surface area contributed by atoms with E-state index in [-0.39, 0.29) is 5.91 Å². The molecule has 0 atom stereocenters. The minimum atomic E-state index is -0.321. The van der Waals surface area contributed by atoms with Gasteiger partial charge in [0.2, 0.25) is 5.91 Å². The summed E-state index contributed by atoms with van der Waals surface area (Å²) < 4.78 is 1.55. The Morgan fingerprint density at radius 2 is 2.05 bits per heavy atom. The Kier molecular flexibility index (Phi) is 4.93. The van der Waals surface area contributed by atoms with Crippen LogP contribution in [0.15, 0.2) is 24.3 Å². The van der Waals surface area contributed by atoms with Crippen LogP contribution in [0.1, 0.15) is 11.3 Å². The Bertz CT molecular complexity index is 722. The summed E-state index contributed by atoms with van der Waals surface area (Å²) in [5, 5.41) is 8.18. The summed E-state index contributed by atoms with van der Waals surface area (Å²) in [4.78, 5) is 11.9. The van der Waals surface area contributed by atoms with Gasteiger partial charge in [-0.25, -0.2) is 0 Å². The smallest absolute Gasteiger partial charge is 0.248 e. The average Bonchev–Trinajstić information content (AvgIpc) is 2.65. The van der Waals surface area contributed by atoms with Crippen molar-refractivity contribution in [2.75, 3.05) is 5.32 Å². The molecule has 0 saturated carbocycles. The number of amides is 1. The number of nitrogens with one attached hydrogen (secondary N) is 1. The highest BCUT2D eigenvalue weighted by molar-refractivity contribution is 6.36. The van der Waals surface area contributed by atoms with Crippen LogP contribution in [-0.4, -0.2) is 15.7 Å². The van der Waals surface area contributed by atoms with E-state index in [0.717, 1.165) is 5.69 Å². The Morgan fingerprint density at radius 3 is 2.62 bits per heavy atom. The van der Waals surface area contributed by atoms with Crippen molar-refractivity contribution in [3.05, 3.63) is 50.7 Å². The fraction of sp³-hybridized carbons (Fsp3) is 0.143. The van der Waals surface area contributed by atoms with Gasteiger partial charge in [-0.3, -0.25) is 9.48 Å². The second-order valence-corrected chi connectivity index (χ2v) is 5.56. The topological polar surface area (TPSA) is 46.9 Å². The van der Waals surface area contributed by atoms with Gasteiger partial charge in [-0.1, -0.05) is 34.8 Å². The predicted octanol–water partition coefficient (Wildman–Crippen LogP) is 4.34. The molecule has 110 valence electrons. The van der Waals surface area contributed by atoms with Gasteiger partial charge < -0.3 is 5.32 Å². The molecular weight excluding hydrogens is 333 g/mol. The first-order chi connectivity index (χ1) is 9.88. The van der Waals surface area contributed by atoms with Crippen LogP contribution in [0.3, 0.4) is 0 Å². The van der Waals surface area contributed by atoms with E-state index in [4.69, 9.17) is 34.8 Å². The summed E-state index contributed by atoms with van der Waals surface area (Å²) in [6.45, 7) is 1.82. The lowest BCUT2D eigenvalue weighted by molar-refractivity contribution is -0.111. The quantitative estimate of drug-likeness (QED) is 0.842. The van der Waals surface area contributed by atoms with Crippen molar-refractivity contribution in [1.82, 2.24) is 9.78 Å². The van der Waals surface area contributed by atoms with Gasteiger partial charge in [0.25, 0.3) is 0 Å². The number of aromatic nitrogens is 2. The van der Waals surface area contributed by atoms with Crippen LogP contribution in [-0.2, 0) is 11.8 Å². The maximum absolute atomic E-state index is 11.9. The molecule has 7 heteroatoms. The summed E-state index contributed by atoms with van der Waals surface area (Å²) >= 11 is 17.9. The number of nitrogens with zero attached hydrogens (tertiary/aromatic N) is 2. The first-order valence-electron chi connectivity index (χ1n) is 6.01. The van der Waals surface area contributed by atoms with E-state index in [1.54, 1.807) is 36.0 Å². The van der Waals surface area contributed by atoms with E-state index in [0.29, 0.717) is 26.4 Å². The van der Waals surface area contributed by atoms with E-state index in [9.17, 15) is 4.79 Å². The number of carbonyl (C=O) groups is 1. The molecule has 0 fully saturated rings. The Hall–Kier alpha value is -1.49. The average molecular weight is 345 g/mol. The van der Waals surface area contributed by atoms with E-state index in [2.05, 4.69) is 10.4 Å². The number of carbonyl (C=O) groups excluding carboxylic acids is 1. The summed E-state index contributed by atoms with van der Waals surface area (Å²) in [6.07, 6.45) is 2.99. The zero-order chi connectivity index (χ0) is 15.6. The van der Waals surface area contributed by atoms with Crippen LogP contribution in [0.5, 0.6) is 0 Å². The molecule has 1 aromatic carbocycles. The molecule has 0 radical (unpaired) electrons. The van der Waals surface area contributed by atoms with Crippen LogP contribution in [0.25, 0.3) is 6.08 Å². The molecule has 0 aliphatic carbocycles. The second-order valence-electron chi connectivity index (χ2n) is 4.36. The maximum atomic E-state index is 11.9. The van der Waals surface area contributed by atoms with Crippen LogP contribution < -0.4 is 5.32 Å². The summed E-state index contributed by atoms with van der Waals surface area (Å²) in [6, 6.07) is 4.85. The molecule has 0 unspecified atom stereocenters. The minimum absolute atomic E-state index is 0.321. The SMILES string of the molecule is Cc1nn(C)c(Cl)c1/C=C/C(=O)Nc1ccc(Cl)cc1Cl. The van der Waals surface area contributed by atoms with Gasteiger partial charge in [-0.15, -0.1) is 0 Å². The highest BCUT2D eigenvalue weighted by Crippen LogP contribution is 2.25. The Balaban J connectivity index is 2.13. The highest BCUT2D eigenvalue weighted by atomic mass is 35.5. The number of benzene rings is 1. The number of hydrogen-bond donors (Lipinski definition) is 1. The van der Waals surface area contributed by atoms with Crippen molar-refractivity contribution < 1.29 is 4.79 Å². The van der Waals surface area contributed by atoms with Crippen molar-refractivity contribution >= 4 is 52.5 Å². The van der Waals surface area contributed by atoms with Crippen molar-refractivity contribution in [2.24, 2.45) is 7.05 Å². The normalized spacial score (nSPS) is 11.1. The van der Waals surface area contributed by atoms with Gasteiger partial charge in [-0.05, 0) is 31.2 Å². The van der Waals surface area contributed by atoms with E-state index >= 15 is 0 Å². The minimum Gasteiger partial charge on any atom is -0.321 e. The predicted molar refractivity (Wildman–Crippen MR) is 87.1 cm³/mol. The van der Waals surface area contributed by atoms with E-state index in [1.807, 2.05) is 6.92 Å². The third-order valence-corrected chi connectivity index (χ3v) is 3.78. The molecule has 0 bridgehead atoms. The zero-order valence-electron chi connectivity index (χ0n) is 11.3. The molecular formula is C14H12Cl3N3O. The van der Waals surface area contributed by atoms with Crippen LogP contribution in [0.4, 0.5) is 5.69 Å². The first-order valence-corrected chi connectivity index (χ1v) is 7.15. The molecule has 0 saturated heterocycles.